The van der Waals surface area contributed by atoms with E-state index in [-0.39, 0.29) is 6.61 Å². The first kappa shape index (κ1) is 18.0. The Bertz CT molecular complexity index is 473. The standard InChI is InChI=1S/C18H30N2O3/c1-19(10-5-13-21)16-8-11-20(12-9-16)14-15-6-4-7-17(22-2)18(15)23-3/h4,6-7,16,21H,5,8-14H2,1-3H3. The van der Waals surface area contributed by atoms with Crippen LogP contribution < -0.4 is 9.47 Å². The largest absolute Gasteiger partial charge is 0.493 e. The highest BCUT2D eigenvalue weighted by Gasteiger charge is 2.23. The monoisotopic (exact) mass is 322 g/mol. The molecular formula is C18H30N2O3. The molecule has 1 saturated heterocycles. The number of likely N-dealkylation sites (tertiary alicyclic amines) is 1. The summed E-state index contributed by atoms with van der Waals surface area (Å²) in [7, 11) is 5.54. The van der Waals surface area contributed by atoms with Gasteiger partial charge in [0.15, 0.2) is 11.5 Å². The van der Waals surface area contributed by atoms with Gasteiger partial charge in [0.05, 0.1) is 14.2 Å². The number of aliphatic hydroxyl groups is 1. The Morgan fingerprint density at radius 2 is 1.96 bits per heavy atom. The fourth-order valence-corrected chi connectivity index (χ4v) is 3.34. The van der Waals surface area contributed by atoms with Gasteiger partial charge in [-0.15, -0.1) is 0 Å². The van der Waals surface area contributed by atoms with Crippen molar-refractivity contribution in [2.45, 2.75) is 31.8 Å². The van der Waals surface area contributed by atoms with E-state index in [1.807, 2.05) is 12.1 Å². The summed E-state index contributed by atoms with van der Waals surface area (Å²) in [5.74, 6) is 1.64. The second-order valence-corrected chi connectivity index (χ2v) is 6.22. The summed E-state index contributed by atoms with van der Waals surface area (Å²) < 4.78 is 10.9. The molecule has 0 atom stereocenters. The van der Waals surface area contributed by atoms with Crippen LogP contribution in [0.1, 0.15) is 24.8 Å². The van der Waals surface area contributed by atoms with Crippen molar-refractivity contribution < 1.29 is 14.6 Å². The van der Waals surface area contributed by atoms with Gasteiger partial charge < -0.3 is 19.5 Å². The Hall–Kier alpha value is -1.30. The Morgan fingerprint density at radius 1 is 1.22 bits per heavy atom. The molecule has 0 unspecified atom stereocenters. The zero-order valence-electron chi connectivity index (χ0n) is 14.6. The number of rotatable bonds is 8. The van der Waals surface area contributed by atoms with Crippen LogP contribution >= 0.6 is 0 Å². The maximum Gasteiger partial charge on any atom is 0.165 e. The number of aliphatic hydroxyl groups excluding tert-OH is 1. The van der Waals surface area contributed by atoms with Crippen LogP contribution in [-0.2, 0) is 6.54 Å². The molecule has 2 rings (SSSR count). The smallest absolute Gasteiger partial charge is 0.165 e. The molecule has 1 heterocycles. The molecule has 1 aliphatic heterocycles. The molecule has 1 N–H and O–H groups in total. The quantitative estimate of drug-likeness (QED) is 0.793. The highest BCUT2D eigenvalue weighted by atomic mass is 16.5. The lowest BCUT2D eigenvalue weighted by molar-refractivity contribution is 0.117. The summed E-state index contributed by atoms with van der Waals surface area (Å²) in [6.07, 6.45) is 3.21. The lowest BCUT2D eigenvalue weighted by Gasteiger charge is -2.37. The third-order valence-electron chi connectivity index (χ3n) is 4.73. The first-order valence-corrected chi connectivity index (χ1v) is 8.43. The minimum Gasteiger partial charge on any atom is -0.493 e. The van der Waals surface area contributed by atoms with Crippen LogP contribution in [0, 0.1) is 0 Å². The molecule has 0 aromatic heterocycles. The second-order valence-electron chi connectivity index (χ2n) is 6.22. The predicted molar refractivity (Wildman–Crippen MR) is 92.2 cm³/mol. The van der Waals surface area contributed by atoms with Gasteiger partial charge in [0.2, 0.25) is 0 Å². The van der Waals surface area contributed by atoms with E-state index in [4.69, 9.17) is 14.6 Å². The van der Waals surface area contributed by atoms with Gasteiger partial charge in [-0.3, -0.25) is 4.90 Å². The molecule has 5 heteroatoms. The van der Waals surface area contributed by atoms with Crippen molar-refractivity contribution >= 4 is 0 Å². The van der Waals surface area contributed by atoms with Gasteiger partial charge in [-0.1, -0.05) is 12.1 Å². The number of piperidine rings is 1. The van der Waals surface area contributed by atoms with Crippen LogP contribution in [0.15, 0.2) is 18.2 Å². The van der Waals surface area contributed by atoms with E-state index in [9.17, 15) is 0 Å². The molecular weight excluding hydrogens is 292 g/mol. The van der Waals surface area contributed by atoms with Gasteiger partial charge in [-0.25, -0.2) is 0 Å². The molecule has 0 saturated carbocycles. The number of hydrogen-bond acceptors (Lipinski definition) is 5. The highest BCUT2D eigenvalue weighted by Crippen LogP contribution is 2.32. The molecule has 1 fully saturated rings. The first-order chi connectivity index (χ1) is 11.2. The van der Waals surface area contributed by atoms with Crippen molar-refractivity contribution in [3.8, 4) is 11.5 Å². The summed E-state index contributed by atoms with van der Waals surface area (Å²) in [5.41, 5.74) is 1.18. The van der Waals surface area contributed by atoms with E-state index in [1.165, 1.54) is 18.4 Å². The van der Waals surface area contributed by atoms with E-state index in [1.54, 1.807) is 14.2 Å². The molecule has 0 aliphatic carbocycles. The van der Waals surface area contributed by atoms with Crippen molar-refractivity contribution in [1.29, 1.82) is 0 Å². The maximum absolute atomic E-state index is 8.95. The van der Waals surface area contributed by atoms with Crippen LogP contribution in [0.2, 0.25) is 0 Å². The topological polar surface area (TPSA) is 45.2 Å². The minimum atomic E-state index is 0.277. The second kappa shape index (κ2) is 9.11. The minimum absolute atomic E-state index is 0.277. The highest BCUT2D eigenvalue weighted by molar-refractivity contribution is 5.46. The molecule has 0 bridgehead atoms. The Kier molecular flexibility index (Phi) is 7.15. The van der Waals surface area contributed by atoms with Crippen molar-refractivity contribution in [3.63, 3.8) is 0 Å². The van der Waals surface area contributed by atoms with E-state index in [0.29, 0.717) is 6.04 Å². The molecule has 0 radical (unpaired) electrons. The van der Waals surface area contributed by atoms with Gasteiger partial charge in [0.1, 0.15) is 0 Å². The van der Waals surface area contributed by atoms with Gasteiger partial charge in [-0.05, 0) is 45.5 Å². The van der Waals surface area contributed by atoms with Crippen LogP contribution in [0.3, 0.4) is 0 Å². The number of benzene rings is 1. The van der Waals surface area contributed by atoms with Crippen LogP contribution in [0.4, 0.5) is 0 Å². The third kappa shape index (κ3) is 4.83. The molecule has 130 valence electrons. The number of methoxy groups -OCH3 is 2. The molecule has 5 nitrogen and oxygen atoms in total. The van der Waals surface area contributed by atoms with Gasteiger partial charge >= 0.3 is 0 Å². The molecule has 1 aromatic rings. The summed E-state index contributed by atoms with van der Waals surface area (Å²) in [4.78, 5) is 4.87. The molecule has 1 aromatic carbocycles. The van der Waals surface area contributed by atoms with Crippen molar-refractivity contribution in [2.24, 2.45) is 0 Å². The Balaban J connectivity index is 1.89. The lowest BCUT2D eigenvalue weighted by Crippen LogP contribution is -2.43. The van der Waals surface area contributed by atoms with Gasteiger partial charge in [0, 0.05) is 31.3 Å². The van der Waals surface area contributed by atoms with E-state index in [2.05, 4.69) is 22.9 Å². The molecule has 0 amide bonds. The van der Waals surface area contributed by atoms with Crippen LogP contribution in [-0.4, -0.2) is 68.5 Å². The summed E-state index contributed by atoms with van der Waals surface area (Å²) >= 11 is 0. The number of nitrogens with zero attached hydrogens (tertiary/aromatic N) is 2. The SMILES string of the molecule is COc1cccc(CN2CCC(N(C)CCCO)CC2)c1OC. The van der Waals surface area contributed by atoms with Crippen LogP contribution in [0.5, 0.6) is 11.5 Å². The summed E-state index contributed by atoms with van der Waals surface area (Å²) in [6, 6.07) is 6.70. The molecule has 1 aliphatic rings. The summed E-state index contributed by atoms with van der Waals surface area (Å²) in [5, 5.41) is 8.95. The molecule has 0 spiro atoms. The third-order valence-corrected chi connectivity index (χ3v) is 4.73. The van der Waals surface area contributed by atoms with Crippen LogP contribution in [0.25, 0.3) is 0 Å². The predicted octanol–water partition coefficient (Wildman–Crippen LogP) is 1.98. The van der Waals surface area contributed by atoms with Gasteiger partial charge in [-0.2, -0.15) is 0 Å². The average Bonchev–Trinajstić information content (AvgIpc) is 2.60. The first-order valence-electron chi connectivity index (χ1n) is 8.43. The maximum atomic E-state index is 8.95. The van der Waals surface area contributed by atoms with Crippen molar-refractivity contribution in [2.75, 3.05) is 47.5 Å². The fraction of sp³-hybridized carbons (Fsp3) is 0.667. The molecule has 23 heavy (non-hydrogen) atoms. The number of hydrogen-bond donors (Lipinski definition) is 1. The van der Waals surface area contributed by atoms with E-state index >= 15 is 0 Å². The average molecular weight is 322 g/mol. The lowest BCUT2D eigenvalue weighted by atomic mass is 10.0. The zero-order chi connectivity index (χ0) is 16.7. The number of para-hydroxylation sites is 1. The van der Waals surface area contributed by atoms with Crippen molar-refractivity contribution in [1.82, 2.24) is 9.80 Å². The summed E-state index contributed by atoms with van der Waals surface area (Å²) in [6.45, 7) is 4.33. The Morgan fingerprint density at radius 3 is 2.57 bits per heavy atom. The zero-order valence-corrected chi connectivity index (χ0v) is 14.6. The Labute approximate surface area is 139 Å². The normalized spacial score (nSPS) is 16.7. The fourth-order valence-electron chi connectivity index (χ4n) is 3.34. The van der Waals surface area contributed by atoms with Crippen molar-refractivity contribution in [3.05, 3.63) is 23.8 Å². The van der Waals surface area contributed by atoms with E-state index < -0.39 is 0 Å². The number of ether oxygens (including phenoxy) is 2. The van der Waals surface area contributed by atoms with Gasteiger partial charge in [0.25, 0.3) is 0 Å². The van der Waals surface area contributed by atoms with E-state index in [0.717, 1.165) is 44.1 Å².